The summed E-state index contributed by atoms with van der Waals surface area (Å²) in [5, 5.41) is 6.90. The first-order valence-electron chi connectivity index (χ1n) is 10.8. The molecule has 0 radical (unpaired) electrons. The Labute approximate surface area is 193 Å². The molecule has 1 heterocycles. The molecule has 1 aliphatic heterocycles. The van der Waals surface area contributed by atoms with E-state index in [1.807, 2.05) is 7.05 Å². The van der Waals surface area contributed by atoms with Crippen molar-refractivity contribution in [3.8, 4) is 0 Å². The molecular weight excluding hydrogens is 475 g/mol. The number of nitrogens with one attached hydrogen (secondary N) is 2. The summed E-state index contributed by atoms with van der Waals surface area (Å²) in [6, 6.07) is 8.74. The third-order valence-corrected chi connectivity index (χ3v) is 5.81. The minimum Gasteiger partial charge on any atom is -0.378 e. The summed E-state index contributed by atoms with van der Waals surface area (Å²) in [6.45, 7) is 6.57. The SMILES string of the molecule is CCOC(CCNC(=NC)NCc1cccc(N2CC=CC2)c1)C1CCCC1.I. The zero-order valence-corrected chi connectivity index (χ0v) is 20.2. The number of nitrogens with zero attached hydrogens (tertiary/aromatic N) is 2. The second kappa shape index (κ2) is 13.1. The smallest absolute Gasteiger partial charge is 0.191 e. The first kappa shape index (κ1) is 24.0. The Balaban J connectivity index is 0.00000300. The maximum atomic E-state index is 6.02. The van der Waals surface area contributed by atoms with Crippen molar-refractivity contribution in [3.63, 3.8) is 0 Å². The maximum Gasteiger partial charge on any atom is 0.191 e. The van der Waals surface area contributed by atoms with Crippen LogP contribution in [0.1, 0.15) is 44.6 Å². The highest BCUT2D eigenvalue weighted by Gasteiger charge is 2.25. The van der Waals surface area contributed by atoms with E-state index in [9.17, 15) is 0 Å². The predicted octanol–water partition coefficient (Wildman–Crippen LogP) is 4.33. The Kier molecular flexibility index (Phi) is 10.8. The largest absolute Gasteiger partial charge is 0.378 e. The van der Waals surface area contributed by atoms with Crippen molar-refractivity contribution in [1.82, 2.24) is 10.6 Å². The lowest BCUT2D eigenvalue weighted by Gasteiger charge is -2.24. The van der Waals surface area contributed by atoms with Crippen LogP contribution in [0.5, 0.6) is 0 Å². The lowest BCUT2D eigenvalue weighted by atomic mass is 9.98. The van der Waals surface area contributed by atoms with Crippen molar-refractivity contribution in [3.05, 3.63) is 42.0 Å². The number of aliphatic imine (C=N–C) groups is 1. The van der Waals surface area contributed by atoms with E-state index in [4.69, 9.17) is 4.74 Å². The standard InChI is InChI=1S/C23H36N4O.HI/c1-3-28-22(20-10-4-5-11-20)13-14-25-23(24-2)26-18-19-9-8-12-21(17-19)27-15-6-7-16-27;/h6-9,12,17,20,22H,3-5,10-11,13-16,18H2,1-2H3,(H2,24,25,26);1H. The lowest BCUT2D eigenvalue weighted by molar-refractivity contribution is 0.0169. The molecule has 0 bridgehead atoms. The van der Waals surface area contributed by atoms with E-state index in [0.717, 1.165) is 51.1 Å². The molecule has 2 aliphatic rings. The van der Waals surface area contributed by atoms with Crippen LogP contribution in [0.3, 0.4) is 0 Å². The van der Waals surface area contributed by atoms with Gasteiger partial charge in [0.1, 0.15) is 0 Å². The molecule has 1 fully saturated rings. The first-order valence-corrected chi connectivity index (χ1v) is 10.8. The maximum absolute atomic E-state index is 6.02. The number of anilines is 1. The van der Waals surface area contributed by atoms with Crippen molar-refractivity contribution in [2.75, 3.05) is 38.2 Å². The lowest BCUT2D eigenvalue weighted by Crippen LogP contribution is -2.39. The average Bonchev–Trinajstić information content (AvgIpc) is 3.44. The van der Waals surface area contributed by atoms with Crippen LogP contribution in [-0.2, 0) is 11.3 Å². The van der Waals surface area contributed by atoms with Gasteiger partial charge >= 0.3 is 0 Å². The van der Waals surface area contributed by atoms with Crippen LogP contribution in [0.25, 0.3) is 0 Å². The fourth-order valence-corrected chi connectivity index (χ4v) is 4.29. The van der Waals surface area contributed by atoms with Gasteiger partial charge < -0.3 is 20.3 Å². The van der Waals surface area contributed by atoms with Crippen molar-refractivity contribution >= 4 is 35.6 Å². The van der Waals surface area contributed by atoms with Crippen molar-refractivity contribution in [2.45, 2.75) is 51.7 Å². The van der Waals surface area contributed by atoms with Crippen LogP contribution in [0.15, 0.2) is 41.4 Å². The summed E-state index contributed by atoms with van der Waals surface area (Å²) in [5.41, 5.74) is 2.55. The molecule has 5 nitrogen and oxygen atoms in total. The monoisotopic (exact) mass is 512 g/mol. The van der Waals surface area contributed by atoms with Crippen LogP contribution >= 0.6 is 24.0 Å². The molecule has 0 spiro atoms. The van der Waals surface area contributed by atoms with Gasteiger partial charge in [-0.1, -0.05) is 37.1 Å². The average molecular weight is 512 g/mol. The highest BCUT2D eigenvalue weighted by atomic mass is 127. The third kappa shape index (κ3) is 7.48. The molecule has 1 aromatic carbocycles. The first-order chi connectivity index (χ1) is 13.8. The van der Waals surface area contributed by atoms with Crippen LogP contribution in [0.4, 0.5) is 5.69 Å². The molecular formula is C23H37IN4O. The molecule has 29 heavy (non-hydrogen) atoms. The Morgan fingerprint density at radius 1 is 1.21 bits per heavy atom. The quantitative estimate of drug-likeness (QED) is 0.224. The van der Waals surface area contributed by atoms with E-state index >= 15 is 0 Å². The van der Waals surface area contributed by atoms with E-state index in [1.165, 1.54) is 36.9 Å². The predicted molar refractivity (Wildman–Crippen MR) is 133 cm³/mol. The van der Waals surface area contributed by atoms with Gasteiger partial charge in [-0.3, -0.25) is 4.99 Å². The Hall–Kier alpha value is -1.28. The van der Waals surface area contributed by atoms with Gasteiger partial charge in [0, 0.05) is 45.5 Å². The van der Waals surface area contributed by atoms with Crippen molar-refractivity contribution < 1.29 is 4.74 Å². The number of hydrogen-bond donors (Lipinski definition) is 2. The second-order valence-corrected chi connectivity index (χ2v) is 7.73. The van der Waals surface area contributed by atoms with Gasteiger partial charge in [0.05, 0.1) is 6.10 Å². The topological polar surface area (TPSA) is 48.9 Å². The summed E-state index contributed by atoms with van der Waals surface area (Å²) in [4.78, 5) is 6.75. The van der Waals surface area contributed by atoms with Crippen molar-refractivity contribution in [1.29, 1.82) is 0 Å². The van der Waals surface area contributed by atoms with Crippen molar-refractivity contribution in [2.24, 2.45) is 10.9 Å². The molecule has 0 aromatic heterocycles. The molecule has 1 aliphatic carbocycles. The summed E-state index contributed by atoms with van der Waals surface area (Å²) >= 11 is 0. The Bertz CT molecular complexity index is 650. The fourth-order valence-electron chi connectivity index (χ4n) is 4.29. The number of benzene rings is 1. The zero-order chi connectivity index (χ0) is 19.6. The minimum absolute atomic E-state index is 0. The molecule has 1 aromatic rings. The minimum atomic E-state index is 0. The molecule has 1 unspecified atom stereocenters. The Morgan fingerprint density at radius 3 is 2.66 bits per heavy atom. The van der Waals surface area contributed by atoms with Crippen LogP contribution in [0.2, 0.25) is 0 Å². The van der Waals surface area contributed by atoms with E-state index < -0.39 is 0 Å². The number of rotatable bonds is 9. The zero-order valence-electron chi connectivity index (χ0n) is 17.9. The summed E-state index contributed by atoms with van der Waals surface area (Å²) < 4.78 is 6.02. The summed E-state index contributed by atoms with van der Waals surface area (Å²) in [6.07, 6.45) is 11.2. The second-order valence-electron chi connectivity index (χ2n) is 7.73. The molecule has 2 N–H and O–H groups in total. The molecule has 1 atom stereocenters. The highest BCUT2D eigenvalue weighted by molar-refractivity contribution is 14.0. The van der Waals surface area contributed by atoms with E-state index in [2.05, 4.69) is 63.9 Å². The van der Waals surface area contributed by atoms with Gasteiger partial charge in [0.2, 0.25) is 0 Å². The number of guanidine groups is 1. The van der Waals surface area contributed by atoms with Gasteiger partial charge in [0.15, 0.2) is 5.96 Å². The van der Waals surface area contributed by atoms with Crippen LogP contribution < -0.4 is 15.5 Å². The van der Waals surface area contributed by atoms with E-state index in [1.54, 1.807) is 0 Å². The van der Waals surface area contributed by atoms with Gasteiger partial charge in [-0.15, -0.1) is 24.0 Å². The van der Waals surface area contributed by atoms with Gasteiger partial charge in [-0.25, -0.2) is 0 Å². The van der Waals surface area contributed by atoms with E-state index in [0.29, 0.717) is 6.10 Å². The molecule has 3 rings (SSSR count). The number of halogens is 1. The number of ether oxygens (including phenoxy) is 1. The normalized spacial score (nSPS) is 18.0. The molecule has 162 valence electrons. The molecule has 1 saturated carbocycles. The fraction of sp³-hybridized carbons (Fsp3) is 0.609. The molecule has 0 saturated heterocycles. The van der Waals surface area contributed by atoms with Gasteiger partial charge in [-0.05, 0) is 49.8 Å². The molecule has 0 amide bonds. The van der Waals surface area contributed by atoms with E-state index in [-0.39, 0.29) is 24.0 Å². The van der Waals surface area contributed by atoms with Gasteiger partial charge in [0.25, 0.3) is 0 Å². The number of hydrogen-bond acceptors (Lipinski definition) is 3. The Morgan fingerprint density at radius 2 is 1.97 bits per heavy atom. The highest BCUT2D eigenvalue weighted by Crippen LogP contribution is 2.30. The summed E-state index contributed by atoms with van der Waals surface area (Å²) in [5.74, 6) is 1.59. The van der Waals surface area contributed by atoms with Crippen LogP contribution in [-0.4, -0.2) is 45.4 Å². The molecule has 6 heteroatoms. The van der Waals surface area contributed by atoms with Crippen LogP contribution in [0, 0.1) is 5.92 Å². The summed E-state index contributed by atoms with van der Waals surface area (Å²) in [7, 11) is 1.83. The van der Waals surface area contributed by atoms with Gasteiger partial charge in [-0.2, -0.15) is 0 Å². The third-order valence-electron chi connectivity index (χ3n) is 5.81.